The lowest BCUT2D eigenvalue weighted by Gasteiger charge is -2.34. The SMILES string of the molecule is CC(NC(=O)c1cc(N2CCN(C)CC2)ccc1CCC(=O)NNC(=O)/C=C/C(=O)O)c1cccc2ccccc12. The minimum absolute atomic E-state index is 0.00986. The number of aliphatic carboxylic acids is 1. The number of hydrogen-bond acceptors (Lipinski definition) is 6. The zero-order chi connectivity index (χ0) is 29.4. The Hall–Kier alpha value is -4.70. The van der Waals surface area contributed by atoms with Crippen molar-refractivity contribution in [2.24, 2.45) is 0 Å². The number of amides is 3. The molecule has 0 bridgehead atoms. The zero-order valence-corrected chi connectivity index (χ0v) is 23.2. The molecule has 1 saturated heterocycles. The molecule has 0 aromatic heterocycles. The van der Waals surface area contributed by atoms with Gasteiger partial charge in [-0.05, 0) is 54.4 Å². The Bertz CT molecular complexity index is 1460. The van der Waals surface area contributed by atoms with Gasteiger partial charge in [0.1, 0.15) is 0 Å². The number of aryl methyl sites for hydroxylation is 1. The summed E-state index contributed by atoms with van der Waals surface area (Å²) in [5.41, 5.74) is 7.58. The van der Waals surface area contributed by atoms with Crippen molar-refractivity contribution in [2.45, 2.75) is 25.8 Å². The number of benzene rings is 3. The van der Waals surface area contributed by atoms with E-state index < -0.39 is 17.8 Å². The van der Waals surface area contributed by atoms with E-state index in [4.69, 9.17) is 5.11 Å². The van der Waals surface area contributed by atoms with Crippen molar-refractivity contribution >= 4 is 40.2 Å². The monoisotopic (exact) mass is 557 g/mol. The summed E-state index contributed by atoms with van der Waals surface area (Å²) in [7, 11) is 2.09. The standard InChI is InChI=1S/C31H35N5O5/c1-21(25-9-5-7-22-6-3-4-8-26(22)25)32-31(41)27-20-24(36-18-16-35(2)17-19-36)12-10-23(27)11-13-28(37)33-34-29(38)14-15-30(39)40/h3-10,12,14-15,20-21H,11,13,16-19H2,1-2H3,(H,32,41)(H,33,37)(H,34,38)(H,39,40)/b15-14+. The first-order chi connectivity index (χ1) is 19.7. The van der Waals surface area contributed by atoms with Crippen molar-refractivity contribution in [2.75, 3.05) is 38.1 Å². The molecule has 1 aliphatic rings. The molecule has 1 fully saturated rings. The van der Waals surface area contributed by atoms with Crippen LogP contribution in [0.3, 0.4) is 0 Å². The smallest absolute Gasteiger partial charge is 0.328 e. The Balaban J connectivity index is 1.50. The van der Waals surface area contributed by atoms with Crippen molar-refractivity contribution < 1.29 is 24.3 Å². The Morgan fingerprint density at radius 3 is 2.41 bits per heavy atom. The molecular formula is C31H35N5O5. The van der Waals surface area contributed by atoms with Crippen molar-refractivity contribution in [1.29, 1.82) is 0 Å². The first kappa shape index (κ1) is 29.3. The fourth-order valence-electron chi connectivity index (χ4n) is 4.87. The highest BCUT2D eigenvalue weighted by Crippen LogP contribution is 2.26. The number of anilines is 1. The zero-order valence-electron chi connectivity index (χ0n) is 23.2. The minimum Gasteiger partial charge on any atom is -0.478 e. The third-order valence-electron chi connectivity index (χ3n) is 7.17. The van der Waals surface area contributed by atoms with E-state index in [1.54, 1.807) is 0 Å². The van der Waals surface area contributed by atoms with Crippen molar-refractivity contribution in [3.8, 4) is 0 Å². The van der Waals surface area contributed by atoms with E-state index in [0.717, 1.165) is 54.3 Å². The van der Waals surface area contributed by atoms with Gasteiger partial charge in [0.05, 0.1) is 6.04 Å². The number of carbonyl (C=O) groups excluding carboxylic acids is 3. The third kappa shape index (κ3) is 7.92. The van der Waals surface area contributed by atoms with E-state index in [1.165, 1.54) is 0 Å². The molecule has 4 rings (SSSR count). The number of nitrogens with one attached hydrogen (secondary N) is 3. The maximum absolute atomic E-state index is 13.7. The molecule has 3 amide bonds. The molecule has 4 N–H and O–H groups in total. The van der Waals surface area contributed by atoms with Crippen LogP contribution in [0.2, 0.25) is 0 Å². The molecular weight excluding hydrogens is 522 g/mol. The number of carboxylic acids is 1. The number of piperazine rings is 1. The molecule has 10 heteroatoms. The maximum atomic E-state index is 13.7. The average molecular weight is 558 g/mol. The highest BCUT2D eigenvalue weighted by molar-refractivity contribution is 5.98. The summed E-state index contributed by atoms with van der Waals surface area (Å²) >= 11 is 0. The first-order valence-corrected chi connectivity index (χ1v) is 13.6. The summed E-state index contributed by atoms with van der Waals surface area (Å²) in [4.78, 5) is 52.8. The highest BCUT2D eigenvalue weighted by Gasteiger charge is 2.21. The van der Waals surface area contributed by atoms with Crippen LogP contribution in [-0.2, 0) is 20.8 Å². The fourth-order valence-corrected chi connectivity index (χ4v) is 4.87. The number of carboxylic acid groups (broad SMARTS) is 1. The molecule has 0 aliphatic carbocycles. The number of carbonyl (C=O) groups is 4. The molecule has 10 nitrogen and oxygen atoms in total. The predicted molar refractivity (Wildman–Crippen MR) is 157 cm³/mol. The molecule has 0 radical (unpaired) electrons. The lowest BCUT2D eigenvalue weighted by atomic mass is 9.97. The van der Waals surface area contributed by atoms with Crippen LogP contribution in [0, 0.1) is 0 Å². The largest absolute Gasteiger partial charge is 0.478 e. The number of likely N-dealkylation sites (N-methyl/N-ethyl adjacent to an activating group) is 1. The van der Waals surface area contributed by atoms with Crippen LogP contribution in [0.1, 0.15) is 40.9 Å². The number of hydrogen-bond donors (Lipinski definition) is 4. The van der Waals surface area contributed by atoms with Gasteiger partial charge in [-0.2, -0.15) is 0 Å². The lowest BCUT2D eigenvalue weighted by Crippen LogP contribution is -2.44. The quantitative estimate of drug-likeness (QED) is 0.235. The number of rotatable bonds is 9. The van der Waals surface area contributed by atoms with Crippen LogP contribution in [0.25, 0.3) is 10.8 Å². The second-order valence-corrected chi connectivity index (χ2v) is 10.1. The summed E-state index contributed by atoms with van der Waals surface area (Å²) in [5.74, 6) is -2.74. The van der Waals surface area contributed by atoms with E-state index in [2.05, 4.69) is 33.0 Å². The average Bonchev–Trinajstić information content (AvgIpc) is 2.97. The highest BCUT2D eigenvalue weighted by atomic mass is 16.4. The van der Waals surface area contributed by atoms with Crippen LogP contribution in [0.5, 0.6) is 0 Å². The molecule has 41 heavy (non-hydrogen) atoms. The van der Waals surface area contributed by atoms with Gasteiger partial charge in [-0.3, -0.25) is 25.2 Å². The molecule has 0 spiro atoms. The van der Waals surface area contributed by atoms with Gasteiger partial charge in [0.2, 0.25) is 5.91 Å². The van der Waals surface area contributed by atoms with Gasteiger partial charge in [0.15, 0.2) is 0 Å². The first-order valence-electron chi connectivity index (χ1n) is 13.6. The van der Waals surface area contributed by atoms with Gasteiger partial charge < -0.3 is 20.2 Å². The molecule has 3 aromatic rings. The minimum atomic E-state index is -1.27. The van der Waals surface area contributed by atoms with Crippen LogP contribution in [0.4, 0.5) is 5.69 Å². The topological polar surface area (TPSA) is 131 Å². The lowest BCUT2D eigenvalue weighted by molar-refractivity contribution is -0.131. The van der Waals surface area contributed by atoms with E-state index in [-0.39, 0.29) is 24.8 Å². The van der Waals surface area contributed by atoms with E-state index >= 15 is 0 Å². The van der Waals surface area contributed by atoms with Crippen LogP contribution < -0.4 is 21.1 Å². The van der Waals surface area contributed by atoms with Gasteiger partial charge >= 0.3 is 5.97 Å². The van der Waals surface area contributed by atoms with Crippen LogP contribution >= 0.6 is 0 Å². The molecule has 214 valence electrons. The summed E-state index contributed by atoms with van der Waals surface area (Å²) in [6, 6.07) is 19.6. The molecule has 1 atom stereocenters. The third-order valence-corrected chi connectivity index (χ3v) is 7.17. The van der Waals surface area contributed by atoms with Crippen molar-refractivity contribution in [3.63, 3.8) is 0 Å². The normalized spacial score (nSPS) is 14.5. The Morgan fingerprint density at radius 2 is 1.66 bits per heavy atom. The van der Waals surface area contributed by atoms with Crippen molar-refractivity contribution in [1.82, 2.24) is 21.1 Å². The molecule has 0 saturated carbocycles. The van der Waals surface area contributed by atoms with Gasteiger partial charge in [0, 0.05) is 56.0 Å². The van der Waals surface area contributed by atoms with Gasteiger partial charge in [-0.25, -0.2) is 4.79 Å². The summed E-state index contributed by atoms with van der Waals surface area (Å²) < 4.78 is 0. The Labute approximate surface area is 239 Å². The van der Waals surface area contributed by atoms with Crippen LogP contribution in [-0.4, -0.2) is 66.9 Å². The van der Waals surface area contributed by atoms with Gasteiger partial charge in [0.25, 0.3) is 11.8 Å². The molecule has 3 aromatic carbocycles. The second kappa shape index (κ2) is 13.6. The van der Waals surface area contributed by atoms with E-state index in [1.807, 2.05) is 67.6 Å². The molecule has 1 aliphatic heterocycles. The predicted octanol–water partition coefficient (Wildman–Crippen LogP) is 2.80. The second-order valence-electron chi connectivity index (χ2n) is 10.1. The van der Waals surface area contributed by atoms with E-state index in [0.29, 0.717) is 17.2 Å². The maximum Gasteiger partial charge on any atom is 0.328 e. The van der Waals surface area contributed by atoms with Gasteiger partial charge in [-0.15, -0.1) is 0 Å². The van der Waals surface area contributed by atoms with E-state index in [9.17, 15) is 19.2 Å². The summed E-state index contributed by atoms with van der Waals surface area (Å²) in [5, 5.41) is 13.9. The Morgan fingerprint density at radius 1 is 0.927 bits per heavy atom. The summed E-state index contributed by atoms with van der Waals surface area (Å²) in [6.45, 7) is 5.51. The molecule has 1 unspecified atom stereocenters. The number of fused-ring (bicyclic) bond motifs is 1. The number of nitrogens with zero attached hydrogens (tertiary/aromatic N) is 2. The van der Waals surface area contributed by atoms with Crippen LogP contribution in [0.15, 0.2) is 72.8 Å². The molecule has 1 heterocycles. The Kier molecular flexibility index (Phi) is 9.70. The van der Waals surface area contributed by atoms with Crippen molar-refractivity contribution in [3.05, 3.63) is 89.5 Å². The number of hydrazine groups is 1. The summed E-state index contributed by atoms with van der Waals surface area (Å²) in [6.07, 6.45) is 1.75. The van der Waals surface area contributed by atoms with Gasteiger partial charge in [-0.1, -0.05) is 48.5 Å². The fraction of sp³-hybridized carbons (Fsp3) is 0.290.